The van der Waals surface area contributed by atoms with E-state index in [4.69, 9.17) is 28.7 Å². The molecule has 3 aliphatic rings. The summed E-state index contributed by atoms with van der Waals surface area (Å²) in [6.45, 7) is 9.12. The van der Waals surface area contributed by atoms with Crippen molar-refractivity contribution >= 4 is 34.3 Å². The van der Waals surface area contributed by atoms with E-state index in [2.05, 4.69) is 49.1 Å². The molecule has 0 aliphatic carbocycles. The maximum absolute atomic E-state index is 14.0. The summed E-state index contributed by atoms with van der Waals surface area (Å²) in [4.78, 5) is 22.9. The normalized spacial score (nSPS) is 23.1. The Labute approximate surface area is 247 Å². The molecule has 0 aromatic heterocycles. The van der Waals surface area contributed by atoms with E-state index >= 15 is 0 Å². The van der Waals surface area contributed by atoms with Gasteiger partial charge in [0.2, 0.25) is 11.6 Å². The Morgan fingerprint density at radius 2 is 1.40 bits per heavy atom. The van der Waals surface area contributed by atoms with Crippen molar-refractivity contribution in [3.63, 3.8) is 0 Å². The quantitative estimate of drug-likeness (QED) is 0.451. The van der Waals surface area contributed by atoms with Gasteiger partial charge < -0.3 is 33.5 Å². The standard InChI is InChI=1S/C33H39N3O6/c1-32(2)27-9-5-6-10-28(27)36(33(32)24-34-31-26-8-4-3-7-25(26)11-12-29(31)42-33)23-30(37)35-13-15-38-17-19-40-21-22-41-20-18-39-16-14-35/h3-12,24H,13-23H2,1-2H3. The van der Waals surface area contributed by atoms with Crippen LogP contribution in [-0.4, -0.2) is 95.2 Å². The SMILES string of the molecule is CC1(C)c2ccccc2N(CC(=O)N2CCOCCOCCOCCOCC2)C12C=Nc1c(ccc3ccccc13)O2. The second-order valence-electron chi connectivity index (χ2n) is 11.2. The number of rotatable bonds is 2. The molecule has 0 saturated carbocycles. The first-order valence-corrected chi connectivity index (χ1v) is 14.7. The molecule has 3 aromatic rings. The van der Waals surface area contributed by atoms with Crippen LogP contribution >= 0.6 is 0 Å². The van der Waals surface area contributed by atoms with Crippen molar-refractivity contribution in [3.05, 3.63) is 66.2 Å². The van der Waals surface area contributed by atoms with Crippen LogP contribution in [0.2, 0.25) is 0 Å². The lowest BCUT2D eigenvalue weighted by Gasteiger charge is -2.46. The van der Waals surface area contributed by atoms with Gasteiger partial charge in [-0.1, -0.05) is 48.5 Å². The van der Waals surface area contributed by atoms with E-state index in [-0.39, 0.29) is 12.5 Å². The molecule has 1 fully saturated rings. The molecule has 9 nitrogen and oxygen atoms in total. The van der Waals surface area contributed by atoms with E-state index in [1.165, 1.54) is 0 Å². The highest BCUT2D eigenvalue weighted by Gasteiger charge is 2.60. The summed E-state index contributed by atoms with van der Waals surface area (Å²) in [7, 11) is 0. The van der Waals surface area contributed by atoms with Gasteiger partial charge in [0.25, 0.3) is 0 Å². The predicted molar refractivity (Wildman–Crippen MR) is 162 cm³/mol. The maximum Gasteiger partial charge on any atom is 0.242 e. The largest absolute Gasteiger partial charge is 0.459 e. The summed E-state index contributed by atoms with van der Waals surface area (Å²) < 4.78 is 29.6. The van der Waals surface area contributed by atoms with E-state index in [0.29, 0.717) is 71.7 Å². The third kappa shape index (κ3) is 5.38. The summed E-state index contributed by atoms with van der Waals surface area (Å²) in [5.41, 5.74) is 1.39. The average molecular weight is 574 g/mol. The highest BCUT2D eigenvalue weighted by Crippen LogP contribution is 2.54. The Bertz CT molecular complexity index is 1430. The molecule has 42 heavy (non-hydrogen) atoms. The van der Waals surface area contributed by atoms with Crippen molar-refractivity contribution in [2.45, 2.75) is 25.0 Å². The fourth-order valence-corrected chi connectivity index (χ4v) is 6.07. The lowest BCUT2D eigenvalue weighted by Crippen LogP contribution is -2.64. The van der Waals surface area contributed by atoms with Gasteiger partial charge in [-0.25, -0.2) is 0 Å². The van der Waals surface area contributed by atoms with Crippen molar-refractivity contribution < 1.29 is 28.5 Å². The first-order chi connectivity index (χ1) is 20.5. The highest BCUT2D eigenvalue weighted by molar-refractivity contribution is 6.00. The van der Waals surface area contributed by atoms with Crippen LogP contribution in [0.4, 0.5) is 11.4 Å². The summed E-state index contributed by atoms with van der Waals surface area (Å²) in [5, 5.41) is 2.14. The van der Waals surface area contributed by atoms with Gasteiger partial charge in [0.1, 0.15) is 18.0 Å². The lowest BCUT2D eigenvalue weighted by atomic mass is 9.77. The molecular weight excluding hydrogens is 534 g/mol. The number of fused-ring (bicyclic) bond motifs is 4. The fourth-order valence-electron chi connectivity index (χ4n) is 6.07. The second kappa shape index (κ2) is 12.4. The minimum atomic E-state index is -0.996. The summed E-state index contributed by atoms with van der Waals surface area (Å²) in [6.07, 6.45) is 1.90. The molecule has 1 spiro atoms. The topological polar surface area (TPSA) is 82.1 Å². The summed E-state index contributed by atoms with van der Waals surface area (Å²) in [6, 6.07) is 20.4. The predicted octanol–water partition coefficient (Wildman–Crippen LogP) is 4.34. The Morgan fingerprint density at radius 3 is 2.12 bits per heavy atom. The lowest BCUT2D eigenvalue weighted by molar-refractivity contribution is -0.132. The first kappa shape index (κ1) is 28.6. The molecule has 3 aromatic carbocycles. The van der Waals surface area contributed by atoms with Crippen molar-refractivity contribution in [1.29, 1.82) is 0 Å². The molecule has 3 aliphatic heterocycles. The van der Waals surface area contributed by atoms with Crippen LogP contribution in [0.1, 0.15) is 19.4 Å². The van der Waals surface area contributed by atoms with Crippen LogP contribution in [0.5, 0.6) is 5.75 Å². The van der Waals surface area contributed by atoms with Crippen LogP contribution in [0.15, 0.2) is 65.7 Å². The fraction of sp³-hybridized carbons (Fsp3) is 0.455. The number of benzene rings is 3. The number of para-hydroxylation sites is 1. The zero-order valence-electron chi connectivity index (χ0n) is 24.4. The first-order valence-electron chi connectivity index (χ1n) is 14.7. The average Bonchev–Trinajstić information content (AvgIpc) is 3.17. The van der Waals surface area contributed by atoms with Gasteiger partial charge in [0.15, 0.2) is 0 Å². The second-order valence-corrected chi connectivity index (χ2v) is 11.2. The molecule has 3 heterocycles. The number of amides is 1. The van der Waals surface area contributed by atoms with Gasteiger partial charge in [-0.2, -0.15) is 0 Å². The molecule has 6 rings (SSSR count). The van der Waals surface area contributed by atoms with Gasteiger partial charge in [-0.3, -0.25) is 9.79 Å². The maximum atomic E-state index is 14.0. The zero-order valence-corrected chi connectivity index (χ0v) is 24.4. The smallest absolute Gasteiger partial charge is 0.242 e. The van der Waals surface area contributed by atoms with E-state index < -0.39 is 11.1 Å². The van der Waals surface area contributed by atoms with Crippen molar-refractivity contribution in [1.82, 2.24) is 4.90 Å². The Hall–Kier alpha value is -3.50. The number of hydrogen-bond donors (Lipinski definition) is 0. The highest BCUT2D eigenvalue weighted by atomic mass is 16.6. The number of ether oxygens (including phenoxy) is 5. The molecule has 222 valence electrons. The van der Waals surface area contributed by atoms with E-state index in [1.807, 2.05) is 41.4 Å². The van der Waals surface area contributed by atoms with Crippen LogP contribution in [0, 0.1) is 0 Å². The number of anilines is 1. The zero-order chi connectivity index (χ0) is 29.0. The van der Waals surface area contributed by atoms with Crippen LogP contribution in [-0.2, 0) is 29.2 Å². The van der Waals surface area contributed by atoms with E-state index in [0.717, 1.165) is 27.7 Å². The van der Waals surface area contributed by atoms with Gasteiger partial charge in [-0.15, -0.1) is 0 Å². The Kier molecular flexibility index (Phi) is 8.44. The minimum Gasteiger partial charge on any atom is -0.459 e. The van der Waals surface area contributed by atoms with Crippen LogP contribution in [0.25, 0.3) is 10.8 Å². The number of hydrogen-bond acceptors (Lipinski definition) is 8. The molecule has 1 saturated heterocycles. The van der Waals surface area contributed by atoms with Gasteiger partial charge in [0, 0.05) is 24.2 Å². The van der Waals surface area contributed by atoms with Gasteiger partial charge in [0.05, 0.1) is 64.5 Å². The molecular formula is C33H39N3O6. The molecule has 9 heteroatoms. The third-order valence-corrected chi connectivity index (χ3v) is 8.44. The Morgan fingerprint density at radius 1 is 0.786 bits per heavy atom. The number of nitrogens with zero attached hydrogens (tertiary/aromatic N) is 3. The van der Waals surface area contributed by atoms with Crippen LogP contribution in [0.3, 0.4) is 0 Å². The van der Waals surface area contributed by atoms with Gasteiger partial charge in [-0.05, 0) is 36.9 Å². The number of carbonyl (C=O) groups excluding carboxylic acids is 1. The van der Waals surface area contributed by atoms with Crippen LogP contribution < -0.4 is 9.64 Å². The monoisotopic (exact) mass is 573 g/mol. The molecule has 1 amide bonds. The third-order valence-electron chi connectivity index (χ3n) is 8.44. The molecule has 0 N–H and O–H groups in total. The van der Waals surface area contributed by atoms with Crippen molar-refractivity contribution in [2.24, 2.45) is 4.99 Å². The molecule has 1 atom stereocenters. The molecule has 0 bridgehead atoms. The van der Waals surface area contributed by atoms with E-state index in [1.54, 1.807) is 0 Å². The van der Waals surface area contributed by atoms with E-state index in [9.17, 15) is 4.79 Å². The number of aliphatic imine (C=N–C) groups is 1. The van der Waals surface area contributed by atoms with Gasteiger partial charge >= 0.3 is 0 Å². The minimum absolute atomic E-state index is 0.0350. The molecule has 0 radical (unpaired) electrons. The van der Waals surface area contributed by atoms with Crippen molar-refractivity contribution in [2.75, 3.05) is 77.4 Å². The number of carbonyl (C=O) groups is 1. The molecule has 1 unspecified atom stereocenters. The summed E-state index contributed by atoms with van der Waals surface area (Å²) in [5.74, 6) is 0.669. The Balaban J connectivity index is 1.28. The van der Waals surface area contributed by atoms with Crippen molar-refractivity contribution in [3.8, 4) is 5.75 Å². The summed E-state index contributed by atoms with van der Waals surface area (Å²) >= 11 is 0.